The Hall–Kier alpha value is -1.69. The fourth-order valence-electron chi connectivity index (χ4n) is 1.90. The van der Waals surface area contributed by atoms with Crippen LogP contribution in [0.2, 0.25) is 0 Å². The van der Waals surface area contributed by atoms with Gasteiger partial charge in [0, 0.05) is 10.8 Å². The summed E-state index contributed by atoms with van der Waals surface area (Å²) in [5.41, 5.74) is -0.194. The second-order valence-corrected chi connectivity index (χ2v) is 4.85. The number of nitrogens with zero attached hydrogens (tertiary/aromatic N) is 2. The molecule has 0 atom stereocenters. The number of hydrogen-bond acceptors (Lipinski definition) is 2. The van der Waals surface area contributed by atoms with E-state index < -0.39 is 11.9 Å². The quantitative estimate of drug-likeness (QED) is 0.447. The van der Waals surface area contributed by atoms with Gasteiger partial charge >= 0.3 is 6.18 Å². The summed E-state index contributed by atoms with van der Waals surface area (Å²) in [5.74, 6) is 0. The van der Waals surface area contributed by atoms with E-state index in [1.165, 1.54) is 6.07 Å². The molecule has 0 saturated heterocycles. The second kappa shape index (κ2) is 4.16. The summed E-state index contributed by atoms with van der Waals surface area (Å²) < 4.78 is 38.7. The zero-order valence-corrected chi connectivity index (χ0v) is 11.0. The molecule has 0 amide bonds. The molecule has 0 fully saturated rings. The predicted molar refractivity (Wildman–Crippen MR) is 69.7 cm³/mol. The van der Waals surface area contributed by atoms with Crippen LogP contribution < -0.4 is 0 Å². The van der Waals surface area contributed by atoms with Gasteiger partial charge in [0.1, 0.15) is 10.3 Å². The first-order chi connectivity index (χ1) is 8.95. The normalized spacial score (nSPS) is 12.2. The Morgan fingerprint density at radius 3 is 1.95 bits per heavy atom. The molecule has 0 bridgehead atoms. The Morgan fingerprint density at radius 2 is 1.32 bits per heavy atom. The highest BCUT2D eigenvalue weighted by atomic mass is 79.9. The van der Waals surface area contributed by atoms with Crippen molar-refractivity contribution >= 4 is 37.7 Å². The van der Waals surface area contributed by atoms with E-state index in [2.05, 4.69) is 25.9 Å². The van der Waals surface area contributed by atoms with Gasteiger partial charge < -0.3 is 0 Å². The van der Waals surface area contributed by atoms with Crippen molar-refractivity contribution in [1.29, 1.82) is 0 Å². The molecule has 3 rings (SSSR count). The third-order valence-electron chi connectivity index (χ3n) is 2.78. The van der Waals surface area contributed by atoms with Gasteiger partial charge in [0.05, 0.1) is 11.0 Å². The molecule has 2 aromatic heterocycles. The highest BCUT2D eigenvalue weighted by molar-refractivity contribution is 9.10. The summed E-state index contributed by atoms with van der Waals surface area (Å²) in [6.45, 7) is 0. The number of hydrogen-bond donors (Lipinski definition) is 0. The summed E-state index contributed by atoms with van der Waals surface area (Å²) in [7, 11) is 0. The van der Waals surface area contributed by atoms with Crippen LogP contribution in [0.15, 0.2) is 41.0 Å². The van der Waals surface area contributed by atoms with Gasteiger partial charge in [-0.2, -0.15) is 13.2 Å². The molecule has 96 valence electrons. The third-order valence-corrected chi connectivity index (χ3v) is 3.22. The van der Waals surface area contributed by atoms with Crippen LogP contribution in [-0.4, -0.2) is 9.97 Å². The smallest absolute Gasteiger partial charge is 0.241 e. The van der Waals surface area contributed by atoms with Crippen molar-refractivity contribution in [2.24, 2.45) is 0 Å². The van der Waals surface area contributed by atoms with Crippen molar-refractivity contribution in [3.05, 3.63) is 46.7 Å². The van der Waals surface area contributed by atoms with Gasteiger partial charge in [0.15, 0.2) is 0 Å². The number of rotatable bonds is 0. The van der Waals surface area contributed by atoms with Crippen LogP contribution in [-0.2, 0) is 6.18 Å². The molecule has 0 radical (unpaired) electrons. The van der Waals surface area contributed by atoms with Gasteiger partial charge in [-0.25, -0.2) is 9.97 Å². The molecule has 3 aromatic rings. The first-order valence-electron chi connectivity index (χ1n) is 5.38. The molecule has 6 heteroatoms. The molecule has 2 heterocycles. The highest BCUT2D eigenvalue weighted by Crippen LogP contribution is 2.31. The Balaban J connectivity index is 2.41. The number of alkyl halides is 3. The number of benzene rings is 1. The zero-order chi connectivity index (χ0) is 13.6. The molecule has 0 spiro atoms. The lowest BCUT2D eigenvalue weighted by molar-refractivity contribution is -0.140. The van der Waals surface area contributed by atoms with E-state index in [0.717, 1.165) is 11.5 Å². The van der Waals surface area contributed by atoms with E-state index in [1.807, 2.05) is 6.07 Å². The molecule has 0 N–H and O–H groups in total. The molecule has 19 heavy (non-hydrogen) atoms. The number of fused-ring (bicyclic) bond motifs is 3. The SMILES string of the molecule is FC(F)(F)c1ccc2ccc3ccc(Br)nc3c2n1. The number of aromatic nitrogens is 2. The molecular weight excluding hydrogens is 321 g/mol. The first-order valence-corrected chi connectivity index (χ1v) is 6.18. The van der Waals surface area contributed by atoms with Crippen LogP contribution >= 0.6 is 15.9 Å². The first kappa shape index (κ1) is 12.3. The lowest BCUT2D eigenvalue weighted by Gasteiger charge is -2.08. The average Bonchev–Trinajstić information content (AvgIpc) is 2.37. The summed E-state index contributed by atoms with van der Waals surface area (Å²) in [5, 5.41) is 1.38. The Labute approximate surface area is 114 Å². The van der Waals surface area contributed by atoms with Gasteiger partial charge in [-0.1, -0.05) is 24.3 Å². The fourth-order valence-corrected chi connectivity index (χ4v) is 2.21. The standard InChI is InChI=1S/C13H6BrF3N2/c14-10-6-4-8-2-1-7-3-5-9(13(15,16)17)18-11(7)12(8)19-10/h1-6H. The maximum Gasteiger partial charge on any atom is 0.433 e. The van der Waals surface area contributed by atoms with Crippen LogP contribution in [0.25, 0.3) is 21.8 Å². The van der Waals surface area contributed by atoms with Crippen molar-refractivity contribution in [3.8, 4) is 0 Å². The van der Waals surface area contributed by atoms with Gasteiger partial charge in [-0.15, -0.1) is 0 Å². The summed E-state index contributed by atoms with van der Waals surface area (Å²) in [4.78, 5) is 7.92. The molecule has 0 aliphatic heterocycles. The molecule has 0 unspecified atom stereocenters. The van der Waals surface area contributed by atoms with Gasteiger partial charge in [0.25, 0.3) is 0 Å². The summed E-state index contributed by atoms with van der Waals surface area (Å²) in [6.07, 6.45) is -4.46. The predicted octanol–water partition coefficient (Wildman–Crippen LogP) is 4.56. The Morgan fingerprint density at radius 1 is 0.789 bits per heavy atom. The van der Waals surface area contributed by atoms with E-state index in [1.54, 1.807) is 18.2 Å². The Kier molecular flexibility index (Phi) is 2.70. The molecule has 1 aromatic carbocycles. The molecular formula is C13H6BrF3N2. The molecule has 0 saturated carbocycles. The minimum absolute atomic E-state index is 0.258. The zero-order valence-electron chi connectivity index (χ0n) is 9.37. The van der Waals surface area contributed by atoms with Crippen molar-refractivity contribution in [1.82, 2.24) is 9.97 Å². The van der Waals surface area contributed by atoms with Crippen LogP contribution in [0.4, 0.5) is 13.2 Å². The van der Waals surface area contributed by atoms with Crippen LogP contribution in [0.3, 0.4) is 0 Å². The molecule has 0 aliphatic rings. The third kappa shape index (κ3) is 2.16. The largest absolute Gasteiger partial charge is 0.433 e. The summed E-state index contributed by atoms with van der Waals surface area (Å²) >= 11 is 3.22. The number of pyridine rings is 2. The lowest BCUT2D eigenvalue weighted by Crippen LogP contribution is -2.07. The monoisotopic (exact) mass is 326 g/mol. The van der Waals surface area contributed by atoms with Gasteiger partial charge in [0.2, 0.25) is 0 Å². The van der Waals surface area contributed by atoms with E-state index >= 15 is 0 Å². The van der Waals surface area contributed by atoms with Crippen molar-refractivity contribution < 1.29 is 13.2 Å². The van der Waals surface area contributed by atoms with Crippen LogP contribution in [0.1, 0.15) is 5.69 Å². The van der Waals surface area contributed by atoms with Crippen LogP contribution in [0.5, 0.6) is 0 Å². The minimum atomic E-state index is -4.46. The van der Waals surface area contributed by atoms with Crippen LogP contribution in [0, 0.1) is 0 Å². The Bertz CT molecular complexity index is 784. The van der Waals surface area contributed by atoms with Crippen molar-refractivity contribution in [2.45, 2.75) is 6.18 Å². The highest BCUT2D eigenvalue weighted by Gasteiger charge is 2.32. The van der Waals surface area contributed by atoms with Gasteiger partial charge in [-0.3, -0.25) is 0 Å². The van der Waals surface area contributed by atoms with Crippen molar-refractivity contribution in [3.63, 3.8) is 0 Å². The maximum absolute atomic E-state index is 12.7. The molecule has 2 nitrogen and oxygen atoms in total. The number of halogens is 4. The summed E-state index contributed by atoms with van der Waals surface area (Å²) in [6, 6.07) is 9.46. The maximum atomic E-state index is 12.7. The van der Waals surface area contributed by atoms with E-state index in [9.17, 15) is 13.2 Å². The minimum Gasteiger partial charge on any atom is -0.241 e. The van der Waals surface area contributed by atoms with E-state index in [4.69, 9.17) is 0 Å². The fraction of sp³-hybridized carbons (Fsp3) is 0.0769. The van der Waals surface area contributed by atoms with E-state index in [0.29, 0.717) is 15.5 Å². The van der Waals surface area contributed by atoms with Crippen molar-refractivity contribution in [2.75, 3.05) is 0 Å². The van der Waals surface area contributed by atoms with E-state index in [-0.39, 0.29) is 5.52 Å². The lowest BCUT2D eigenvalue weighted by atomic mass is 10.1. The second-order valence-electron chi connectivity index (χ2n) is 4.04. The van der Waals surface area contributed by atoms with Gasteiger partial charge in [-0.05, 0) is 28.1 Å². The topological polar surface area (TPSA) is 25.8 Å². The average molecular weight is 327 g/mol. The molecule has 0 aliphatic carbocycles.